The number of halogens is 3. The van der Waals surface area contributed by atoms with Crippen LogP contribution in [0.4, 0.5) is 0 Å². The Morgan fingerprint density at radius 1 is 1.14 bits per heavy atom. The van der Waals surface area contributed by atoms with Gasteiger partial charge < -0.3 is 9.84 Å². The number of rotatable bonds is 4. The number of carboxylic acid groups (broad SMARTS) is 1. The zero-order valence-electron chi connectivity index (χ0n) is 10.5. The van der Waals surface area contributed by atoms with E-state index < -0.39 is 5.97 Å². The summed E-state index contributed by atoms with van der Waals surface area (Å²) < 4.78 is 6.54. The lowest BCUT2D eigenvalue weighted by molar-refractivity contribution is -0.131. The van der Waals surface area contributed by atoms with Gasteiger partial charge >= 0.3 is 5.97 Å². The molecular formula is C15H9BrCl2O3. The second-order valence-electron chi connectivity index (χ2n) is 4.03. The van der Waals surface area contributed by atoms with Crippen LogP contribution in [0.3, 0.4) is 0 Å². The lowest BCUT2D eigenvalue weighted by Gasteiger charge is -2.11. The van der Waals surface area contributed by atoms with Crippen LogP contribution in [0.25, 0.3) is 6.08 Å². The van der Waals surface area contributed by atoms with E-state index in [0.29, 0.717) is 27.1 Å². The maximum absolute atomic E-state index is 10.6. The van der Waals surface area contributed by atoms with Crippen LogP contribution in [0.15, 0.2) is 46.9 Å². The summed E-state index contributed by atoms with van der Waals surface area (Å²) in [4.78, 5) is 10.6. The Labute approximate surface area is 139 Å². The molecule has 108 valence electrons. The first-order chi connectivity index (χ1) is 9.95. The van der Waals surface area contributed by atoms with E-state index in [0.717, 1.165) is 10.5 Å². The van der Waals surface area contributed by atoms with Crippen LogP contribution in [-0.4, -0.2) is 11.1 Å². The highest BCUT2D eigenvalue weighted by molar-refractivity contribution is 9.10. The number of benzene rings is 2. The number of ether oxygens (including phenoxy) is 1. The molecule has 0 aliphatic carbocycles. The Morgan fingerprint density at radius 2 is 1.90 bits per heavy atom. The Bertz CT molecular complexity index is 714. The number of carboxylic acids is 1. The van der Waals surface area contributed by atoms with Gasteiger partial charge in [-0.05, 0) is 30.3 Å². The maximum Gasteiger partial charge on any atom is 0.328 e. The minimum Gasteiger partial charge on any atom is -0.478 e. The first kappa shape index (κ1) is 15.9. The molecule has 0 spiro atoms. The van der Waals surface area contributed by atoms with E-state index in [9.17, 15) is 4.79 Å². The van der Waals surface area contributed by atoms with Gasteiger partial charge in [-0.25, -0.2) is 4.79 Å². The molecule has 0 saturated heterocycles. The molecule has 3 nitrogen and oxygen atoms in total. The van der Waals surface area contributed by atoms with Crippen molar-refractivity contribution in [3.05, 3.63) is 62.6 Å². The van der Waals surface area contributed by atoms with E-state index in [1.807, 2.05) is 0 Å². The van der Waals surface area contributed by atoms with Gasteiger partial charge in [0.05, 0.1) is 5.02 Å². The monoisotopic (exact) mass is 386 g/mol. The van der Waals surface area contributed by atoms with E-state index in [1.165, 1.54) is 6.08 Å². The number of hydrogen-bond donors (Lipinski definition) is 1. The fourth-order valence-corrected chi connectivity index (χ4v) is 2.23. The van der Waals surface area contributed by atoms with E-state index in [2.05, 4.69) is 15.9 Å². The normalized spacial score (nSPS) is 10.8. The molecule has 21 heavy (non-hydrogen) atoms. The molecule has 2 aromatic carbocycles. The van der Waals surface area contributed by atoms with E-state index >= 15 is 0 Å². The van der Waals surface area contributed by atoms with Gasteiger partial charge in [0.15, 0.2) is 0 Å². The van der Waals surface area contributed by atoms with E-state index in [1.54, 1.807) is 36.4 Å². The predicted molar refractivity (Wildman–Crippen MR) is 87.3 cm³/mol. The van der Waals surface area contributed by atoms with E-state index in [4.69, 9.17) is 33.0 Å². The molecule has 0 fully saturated rings. The van der Waals surface area contributed by atoms with Gasteiger partial charge in [0.1, 0.15) is 11.5 Å². The van der Waals surface area contributed by atoms with Crippen molar-refractivity contribution in [1.82, 2.24) is 0 Å². The van der Waals surface area contributed by atoms with Gasteiger partial charge in [-0.1, -0.05) is 45.2 Å². The highest BCUT2D eigenvalue weighted by Gasteiger charge is 2.08. The molecule has 6 heteroatoms. The van der Waals surface area contributed by atoms with Crippen molar-refractivity contribution >= 4 is 51.2 Å². The van der Waals surface area contributed by atoms with Crippen molar-refractivity contribution < 1.29 is 14.6 Å². The third-order valence-corrected chi connectivity index (χ3v) is 3.53. The van der Waals surface area contributed by atoms with Crippen LogP contribution < -0.4 is 4.74 Å². The molecule has 0 amide bonds. The van der Waals surface area contributed by atoms with Crippen molar-refractivity contribution in [3.63, 3.8) is 0 Å². The topological polar surface area (TPSA) is 46.5 Å². The zero-order valence-corrected chi connectivity index (χ0v) is 13.6. The van der Waals surface area contributed by atoms with Crippen LogP contribution >= 0.6 is 39.1 Å². The molecule has 1 N–H and O–H groups in total. The van der Waals surface area contributed by atoms with Crippen LogP contribution in [0.2, 0.25) is 10.0 Å². The predicted octanol–water partition coefficient (Wildman–Crippen LogP) is 5.65. The summed E-state index contributed by atoms with van der Waals surface area (Å²) in [5, 5.41) is 9.62. The Kier molecular flexibility index (Phi) is 5.28. The SMILES string of the molecule is O=C(O)/C=C/c1ccc(Br)cc1Oc1cc(Cl)ccc1Cl. The lowest BCUT2D eigenvalue weighted by Crippen LogP contribution is -1.90. The van der Waals surface area contributed by atoms with Crippen molar-refractivity contribution in [2.75, 3.05) is 0 Å². The fourth-order valence-electron chi connectivity index (χ4n) is 1.57. The molecule has 0 saturated carbocycles. The average Bonchev–Trinajstić information content (AvgIpc) is 2.42. The number of carbonyl (C=O) groups is 1. The Morgan fingerprint density at radius 3 is 2.62 bits per heavy atom. The molecule has 2 rings (SSSR count). The summed E-state index contributed by atoms with van der Waals surface area (Å²) >= 11 is 15.3. The van der Waals surface area contributed by atoms with Crippen LogP contribution in [0.1, 0.15) is 5.56 Å². The highest BCUT2D eigenvalue weighted by atomic mass is 79.9. The Hall–Kier alpha value is -1.49. The molecule has 0 aliphatic rings. The summed E-state index contributed by atoms with van der Waals surface area (Å²) in [5.74, 6) is -0.178. The second-order valence-corrected chi connectivity index (χ2v) is 5.79. The minimum atomic E-state index is -1.04. The summed E-state index contributed by atoms with van der Waals surface area (Å²) in [6.45, 7) is 0. The van der Waals surface area contributed by atoms with E-state index in [-0.39, 0.29) is 0 Å². The van der Waals surface area contributed by atoms with Gasteiger partial charge in [0, 0.05) is 27.2 Å². The third kappa shape index (κ3) is 4.49. The highest BCUT2D eigenvalue weighted by Crippen LogP contribution is 2.35. The van der Waals surface area contributed by atoms with Gasteiger partial charge in [-0.15, -0.1) is 0 Å². The summed E-state index contributed by atoms with van der Waals surface area (Å²) in [5.41, 5.74) is 0.608. The number of aliphatic carboxylic acids is 1. The van der Waals surface area contributed by atoms with Crippen molar-refractivity contribution in [2.24, 2.45) is 0 Å². The van der Waals surface area contributed by atoms with Crippen molar-refractivity contribution in [1.29, 1.82) is 0 Å². The quantitative estimate of drug-likeness (QED) is 0.690. The van der Waals surface area contributed by atoms with Crippen LogP contribution in [0.5, 0.6) is 11.5 Å². The van der Waals surface area contributed by atoms with Gasteiger partial charge in [-0.2, -0.15) is 0 Å². The van der Waals surface area contributed by atoms with Gasteiger partial charge in [0.25, 0.3) is 0 Å². The molecule has 2 aromatic rings. The lowest BCUT2D eigenvalue weighted by atomic mass is 10.2. The summed E-state index contributed by atoms with van der Waals surface area (Å²) in [6, 6.07) is 10.1. The average molecular weight is 388 g/mol. The van der Waals surface area contributed by atoms with Crippen molar-refractivity contribution in [2.45, 2.75) is 0 Å². The largest absolute Gasteiger partial charge is 0.478 e. The van der Waals surface area contributed by atoms with Gasteiger partial charge in [0.2, 0.25) is 0 Å². The van der Waals surface area contributed by atoms with Crippen LogP contribution in [0, 0.1) is 0 Å². The van der Waals surface area contributed by atoms with Crippen LogP contribution in [-0.2, 0) is 4.79 Å². The minimum absolute atomic E-state index is 0.396. The third-order valence-electron chi connectivity index (χ3n) is 2.49. The molecule has 0 aliphatic heterocycles. The molecule has 0 unspecified atom stereocenters. The number of hydrogen-bond acceptors (Lipinski definition) is 2. The molecule has 0 aromatic heterocycles. The maximum atomic E-state index is 10.6. The molecular weight excluding hydrogens is 379 g/mol. The second kappa shape index (κ2) is 6.98. The van der Waals surface area contributed by atoms with Crippen molar-refractivity contribution in [3.8, 4) is 11.5 Å². The standard InChI is InChI=1S/C15H9BrCl2O3/c16-10-3-1-9(2-6-15(19)20)13(7-10)21-14-8-11(17)4-5-12(14)18/h1-8H,(H,19,20)/b6-2+. The molecule has 0 heterocycles. The smallest absolute Gasteiger partial charge is 0.328 e. The zero-order chi connectivity index (χ0) is 15.4. The van der Waals surface area contributed by atoms with Gasteiger partial charge in [-0.3, -0.25) is 0 Å². The molecule has 0 bridgehead atoms. The first-order valence-corrected chi connectivity index (χ1v) is 7.34. The fraction of sp³-hybridized carbons (Fsp3) is 0. The Balaban J connectivity index is 2.40. The molecule has 0 atom stereocenters. The first-order valence-electron chi connectivity index (χ1n) is 5.79. The molecule has 0 radical (unpaired) electrons. The summed E-state index contributed by atoms with van der Waals surface area (Å²) in [6.07, 6.45) is 2.48. The summed E-state index contributed by atoms with van der Waals surface area (Å²) in [7, 11) is 0.